The van der Waals surface area contributed by atoms with Gasteiger partial charge in [0.05, 0.1) is 18.8 Å². The zero-order valence-electron chi connectivity index (χ0n) is 11.6. The van der Waals surface area contributed by atoms with Crippen LogP contribution in [0, 0.1) is 0 Å². The van der Waals surface area contributed by atoms with E-state index in [1.54, 1.807) is 25.3 Å². The quantitative estimate of drug-likeness (QED) is 0.596. The highest BCUT2D eigenvalue weighted by atomic mass is 16.5. The van der Waals surface area contributed by atoms with Crippen LogP contribution in [0.1, 0.15) is 24.9 Å². The van der Waals surface area contributed by atoms with Crippen LogP contribution >= 0.6 is 0 Å². The lowest BCUT2D eigenvalue weighted by atomic mass is 10.1. The number of rotatable bonds is 9. The number of hydrogen-bond acceptors (Lipinski definition) is 5. The van der Waals surface area contributed by atoms with E-state index in [9.17, 15) is 10.2 Å². The molecule has 0 saturated carbocycles. The molecular formula is C14H23NO4. The maximum absolute atomic E-state index is 9.72. The summed E-state index contributed by atoms with van der Waals surface area (Å²) in [6.45, 7) is 4.53. The van der Waals surface area contributed by atoms with Crippen molar-refractivity contribution in [3.05, 3.63) is 23.8 Å². The molecule has 0 fully saturated rings. The summed E-state index contributed by atoms with van der Waals surface area (Å²) in [5, 5.41) is 22.7. The fourth-order valence-electron chi connectivity index (χ4n) is 1.82. The van der Waals surface area contributed by atoms with Crippen molar-refractivity contribution in [3.8, 4) is 11.5 Å². The smallest absolute Gasteiger partial charge is 0.124 e. The van der Waals surface area contributed by atoms with Crippen LogP contribution in [0.25, 0.3) is 0 Å². The molecule has 1 atom stereocenters. The van der Waals surface area contributed by atoms with Crippen LogP contribution in [0.2, 0.25) is 0 Å². The molecule has 1 aromatic carbocycles. The van der Waals surface area contributed by atoms with Gasteiger partial charge in [0, 0.05) is 19.8 Å². The standard InChI is InChI=1S/C14H23NO4/c1-11(14-12(16)5-3-6-13(14)17)15-7-4-8-19-10-9-18-2/h3,5-6,11,15-17H,4,7-10H2,1-2H3. The zero-order valence-corrected chi connectivity index (χ0v) is 11.6. The Morgan fingerprint density at radius 1 is 1.16 bits per heavy atom. The van der Waals surface area contributed by atoms with Crippen LogP contribution in [-0.2, 0) is 9.47 Å². The number of phenols is 2. The second kappa shape index (κ2) is 8.74. The van der Waals surface area contributed by atoms with Gasteiger partial charge in [-0.25, -0.2) is 0 Å². The van der Waals surface area contributed by atoms with Crippen molar-refractivity contribution in [1.29, 1.82) is 0 Å². The van der Waals surface area contributed by atoms with Crippen molar-refractivity contribution < 1.29 is 19.7 Å². The van der Waals surface area contributed by atoms with Gasteiger partial charge in [0.25, 0.3) is 0 Å². The first-order valence-corrected chi connectivity index (χ1v) is 6.47. The van der Waals surface area contributed by atoms with Crippen LogP contribution in [-0.4, -0.2) is 43.7 Å². The molecule has 0 amide bonds. The molecule has 0 aliphatic carbocycles. The van der Waals surface area contributed by atoms with Crippen LogP contribution in [0.5, 0.6) is 11.5 Å². The van der Waals surface area contributed by atoms with Gasteiger partial charge < -0.3 is 25.0 Å². The second-order valence-electron chi connectivity index (χ2n) is 4.34. The summed E-state index contributed by atoms with van der Waals surface area (Å²) < 4.78 is 10.2. The van der Waals surface area contributed by atoms with Crippen molar-refractivity contribution in [1.82, 2.24) is 5.32 Å². The molecule has 0 heterocycles. The molecule has 0 bridgehead atoms. The fraction of sp³-hybridized carbons (Fsp3) is 0.571. The van der Waals surface area contributed by atoms with Gasteiger partial charge in [0.15, 0.2) is 0 Å². The van der Waals surface area contributed by atoms with E-state index < -0.39 is 0 Å². The van der Waals surface area contributed by atoms with Crippen LogP contribution in [0.3, 0.4) is 0 Å². The third-order valence-corrected chi connectivity index (χ3v) is 2.84. The van der Waals surface area contributed by atoms with E-state index in [0.29, 0.717) is 25.4 Å². The van der Waals surface area contributed by atoms with E-state index in [4.69, 9.17) is 9.47 Å². The predicted octanol–water partition coefficient (Wildman–Crippen LogP) is 1.80. The van der Waals surface area contributed by atoms with Crippen molar-refractivity contribution in [2.45, 2.75) is 19.4 Å². The molecule has 3 N–H and O–H groups in total. The summed E-state index contributed by atoms with van der Waals surface area (Å²) in [5.74, 6) is 0.215. The third kappa shape index (κ3) is 5.46. The Balaban J connectivity index is 2.26. The van der Waals surface area contributed by atoms with Gasteiger partial charge >= 0.3 is 0 Å². The summed E-state index contributed by atoms with van der Waals surface area (Å²) in [6, 6.07) is 4.65. The molecule has 0 aliphatic heterocycles. The first-order chi connectivity index (χ1) is 9.16. The molecule has 1 aromatic rings. The number of nitrogens with one attached hydrogen (secondary N) is 1. The maximum atomic E-state index is 9.72. The van der Waals surface area contributed by atoms with Gasteiger partial charge in [-0.2, -0.15) is 0 Å². The maximum Gasteiger partial charge on any atom is 0.124 e. The Labute approximate surface area is 114 Å². The van der Waals surface area contributed by atoms with Gasteiger partial charge in [-0.05, 0) is 32.0 Å². The number of aromatic hydroxyl groups is 2. The molecule has 0 radical (unpaired) electrons. The molecule has 0 saturated heterocycles. The SMILES string of the molecule is COCCOCCCNC(C)c1c(O)cccc1O. The average Bonchev–Trinajstić information content (AvgIpc) is 2.37. The summed E-state index contributed by atoms with van der Waals surface area (Å²) in [5.41, 5.74) is 0.530. The third-order valence-electron chi connectivity index (χ3n) is 2.84. The van der Waals surface area contributed by atoms with Crippen LogP contribution in [0.15, 0.2) is 18.2 Å². The van der Waals surface area contributed by atoms with Crippen molar-refractivity contribution >= 4 is 0 Å². The van der Waals surface area contributed by atoms with Gasteiger partial charge in [-0.15, -0.1) is 0 Å². The highest BCUT2D eigenvalue weighted by Crippen LogP contribution is 2.31. The van der Waals surface area contributed by atoms with E-state index >= 15 is 0 Å². The van der Waals surface area contributed by atoms with Gasteiger partial charge in [-0.1, -0.05) is 6.07 Å². The predicted molar refractivity (Wildman–Crippen MR) is 73.5 cm³/mol. The summed E-state index contributed by atoms with van der Waals surface area (Å²) in [4.78, 5) is 0. The van der Waals surface area contributed by atoms with E-state index in [1.165, 1.54) is 0 Å². The molecule has 108 valence electrons. The monoisotopic (exact) mass is 269 g/mol. The average molecular weight is 269 g/mol. The highest BCUT2D eigenvalue weighted by molar-refractivity contribution is 5.44. The first kappa shape index (κ1) is 15.8. The Kier molecular flexibility index (Phi) is 7.25. The minimum Gasteiger partial charge on any atom is -0.507 e. The molecular weight excluding hydrogens is 246 g/mol. The number of ether oxygens (including phenoxy) is 2. The number of phenolic OH excluding ortho intramolecular Hbond substituents is 2. The minimum atomic E-state index is -0.111. The molecule has 5 nitrogen and oxygen atoms in total. The first-order valence-electron chi connectivity index (χ1n) is 6.47. The Morgan fingerprint density at radius 2 is 1.84 bits per heavy atom. The molecule has 0 aromatic heterocycles. The van der Waals surface area contributed by atoms with Crippen molar-refractivity contribution in [2.24, 2.45) is 0 Å². The number of benzene rings is 1. The Bertz CT molecular complexity index is 350. The van der Waals surface area contributed by atoms with E-state index in [2.05, 4.69) is 5.32 Å². The highest BCUT2D eigenvalue weighted by Gasteiger charge is 2.13. The van der Waals surface area contributed by atoms with Gasteiger partial charge in [0.1, 0.15) is 11.5 Å². The van der Waals surface area contributed by atoms with Gasteiger partial charge in [0.2, 0.25) is 0 Å². The fourth-order valence-corrected chi connectivity index (χ4v) is 1.82. The number of hydrogen-bond donors (Lipinski definition) is 3. The second-order valence-corrected chi connectivity index (χ2v) is 4.34. The number of methoxy groups -OCH3 is 1. The normalized spacial score (nSPS) is 12.5. The van der Waals surface area contributed by atoms with Gasteiger partial charge in [-0.3, -0.25) is 0 Å². The van der Waals surface area contributed by atoms with E-state index in [-0.39, 0.29) is 17.5 Å². The Hall–Kier alpha value is -1.30. The lowest BCUT2D eigenvalue weighted by molar-refractivity contribution is 0.0693. The molecule has 0 aliphatic rings. The molecule has 0 spiro atoms. The lowest BCUT2D eigenvalue weighted by Gasteiger charge is -2.16. The molecule has 1 rings (SSSR count). The van der Waals surface area contributed by atoms with Crippen molar-refractivity contribution in [3.63, 3.8) is 0 Å². The van der Waals surface area contributed by atoms with Crippen molar-refractivity contribution in [2.75, 3.05) is 33.5 Å². The summed E-state index contributed by atoms with van der Waals surface area (Å²) >= 11 is 0. The lowest BCUT2D eigenvalue weighted by Crippen LogP contribution is -2.21. The van der Waals surface area contributed by atoms with E-state index in [1.807, 2.05) is 6.92 Å². The summed E-state index contributed by atoms with van der Waals surface area (Å²) in [7, 11) is 1.64. The molecule has 5 heteroatoms. The topological polar surface area (TPSA) is 71.0 Å². The molecule has 1 unspecified atom stereocenters. The van der Waals surface area contributed by atoms with Crippen LogP contribution < -0.4 is 5.32 Å². The largest absolute Gasteiger partial charge is 0.507 e. The summed E-state index contributed by atoms with van der Waals surface area (Å²) in [6.07, 6.45) is 0.864. The Morgan fingerprint density at radius 3 is 2.47 bits per heavy atom. The van der Waals surface area contributed by atoms with E-state index in [0.717, 1.165) is 13.0 Å². The van der Waals surface area contributed by atoms with Crippen LogP contribution in [0.4, 0.5) is 0 Å². The zero-order chi connectivity index (χ0) is 14.1. The minimum absolute atomic E-state index is 0.108. The molecule has 19 heavy (non-hydrogen) atoms.